The minimum atomic E-state index is -0.376. The lowest BCUT2D eigenvalue weighted by molar-refractivity contribution is -0.136. The van der Waals surface area contributed by atoms with Gasteiger partial charge in [0, 0.05) is 0 Å². The minimum absolute atomic E-state index is 0.0944. The monoisotopic (exact) mass is 547 g/mol. The van der Waals surface area contributed by atoms with E-state index >= 15 is 0 Å². The molecule has 1 saturated carbocycles. The van der Waals surface area contributed by atoms with Gasteiger partial charge in [-0.3, -0.25) is 14.5 Å². The van der Waals surface area contributed by atoms with Crippen LogP contribution in [0.3, 0.4) is 0 Å². The van der Waals surface area contributed by atoms with E-state index < -0.39 is 0 Å². The van der Waals surface area contributed by atoms with Crippen molar-refractivity contribution >= 4 is 69.5 Å². The topological polar surface area (TPSA) is 55.8 Å². The number of halogens is 2. The number of ether oxygens (including phenoxy) is 2. The number of hydrogen-bond acceptors (Lipinski definition) is 6. The van der Waals surface area contributed by atoms with E-state index in [0.717, 1.165) is 11.1 Å². The number of thioether (sulfide) groups is 1. The highest BCUT2D eigenvalue weighted by Gasteiger charge is 2.61. The molecule has 0 N–H and O–H groups in total. The van der Waals surface area contributed by atoms with Crippen LogP contribution in [0.25, 0.3) is 6.08 Å². The molecule has 2 atom stereocenters. The van der Waals surface area contributed by atoms with Crippen LogP contribution in [-0.4, -0.2) is 28.2 Å². The van der Waals surface area contributed by atoms with Crippen molar-refractivity contribution in [2.24, 2.45) is 17.3 Å². The number of methoxy groups -OCH3 is 1. The van der Waals surface area contributed by atoms with Gasteiger partial charge in [0.1, 0.15) is 8.81 Å². The fourth-order valence-corrected chi connectivity index (χ4v) is 5.69. The summed E-state index contributed by atoms with van der Waals surface area (Å²) in [7, 11) is 1.50. The van der Waals surface area contributed by atoms with Gasteiger partial charge < -0.3 is 9.47 Å². The van der Waals surface area contributed by atoms with Gasteiger partial charge in [0.25, 0.3) is 5.91 Å². The predicted octanol–water partition coefficient (Wildman–Crippen LogP) is 6.59. The van der Waals surface area contributed by atoms with Crippen LogP contribution in [0, 0.1) is 17.3 Å². The summed E-state index contributed by atoms with van der Waals surface area (Å²) >= 11 is 18.3. The Bertz CT molecular complexity index is 1240. The van der Waals surface area contributed by atoms with Crippen LogP contribution in [0.2, 0.25) is 0 Å². The van der Waals surface area contributed by atoms with Gasteiger partial charge in [-0.2, -0.15) is 0 Å². The number of allylic oxidation sites excluding steroid dienone is 1. The first-order chi connectivity index (χ1) is 16.6. The van der Waals surface area contributed by atoms with Crippen molar-refractivity contribution in [2.45, 2.75) is 20.4 Å². The molecule has 2 aliphatic rings. The molecule has 1 aliphatic carbocycles. The van der Waals surface area contributed by atoms with E-state index in [1.807, 2.05) is 44.2 Å². The zero-order valence-electron chi connectivity index (χ0n) is 19.3. The molecule has 9 heteroatoms. The molecule has 0 bridgehead atoms. The van der Waals surface area contributed by atoms with Crippen molar-refractivity contribution in [2.75, 3.05) is 7.11 Å². The maximum Gasteiger partial charge on any atom is 0.315 e. The molecule has 2 unspecified atom stereocenters. The number of amides is 1. The fourth-order valence-electron chi connectivity index (χ4n) is 4.16. The highest BCUT2D eigenvalue weighted by Crippen LogP contribution is 2.60. The van der Waals surface area contributed by atoms with Crippen LogP contribution in [0.1, 0.15) is 25.0 Å². The lowest BCUT2D eigenvalue weighted by Gasteiger charge is -2.14. The lowest BCUT2D eigenvalue weighted by atomic mass is 10.1. The van der Waals surface area contributed by atoms with Crippen LogP contribution in [0.5, 0.6) is 11.5 Å². The number of carbonyl (C=O) groups is 2. The van der Waals surface area contributed by atoms with Gasteiger partial charge in [-0.15, -0.1) is 0 Å². The highest BCUT2D eigenvalue weighted by atomic mass is 35.5. The summed E-state index contributed by atoms with van der Waals surface area (Å²) in [5, 5.41) is 0. The quantitative estimate of drug-likeness (QED) is 0.168. The molecule has 0 radical (unpaired) electrons. The number of esters is 1. The Kier molecular flexibility index (Phi) is 7.62. The molecule has 1 aliphatic heterocycles. The number of hydrogen-bond donors (Lipinski definition) is 0. The first-order valence-electron chi connectivity index (χ1n) is 10.8. The maximum absolute atomic E-state index is 13.0. The second kappa shape index (κ2) is 10.3. The standard InChI is InChI=1S/C26H23Cl2NO4S2/c1-26(2)17(13-21(27)28)22(26)24(31)33-18-10-9-16(11-19(18)32-3)12-20-23(30)29(25(34)35-20)14-15-7-5-4-6-8-15/h4-13,17,22H,14H2,1-3H3/b20-12-. The second-order valence-electron chi connectivity index (χ2n) is 8.87. The molecule has 2 aromatic rings. The first-order valence-corrected chi connectivity index (χ1v) is 12.8. The van der Waals surface area contributed by atoms with Crippen LogP contribution < -0.4 is 9.47 Å². The van der Waals surface area contributed by atoms with E-state index in [4.69, 9.17) is 44.9 Å². The minimum Gasteiger partial charge on any atom is -0.493 e. The Morgan fingerprint density at radius 2 is 1.89 bits per heavy atom. The highest BCUT2D eigenvalue weighted by molar-refractivity contribution is 8.26. The van der Waals surface area contributed by atoms with E-state index in [9.17, 15) is 9.59 Å². The largest absolute Gasteiger partial charge is 0.493 e. The van der Waals surface area contributed by atoms with E-state index in [-0.39, 0.29) is 33.6 Å². The van der Waals surface area contributed by atoms with E-state index in [2.05, 4.69) is 0 Å². The maximum atomic E-state index is 13.0. The van der Waals surface area contributed by atoms with Crippen molar-refractivity contribution in [3.63, 3.8) is 0 Å². The molecule has 5 nitrogen and oxygen atoms in total. The Hall–Kier alpha value is -2.32. The molecular weight excluding hydrogens is 525 g/mol. The van der Waals surface area contributed by atoms with Gasteiger partial charge in [0.15, 0.2) is 11.5 Å². The summed E-state index contributed by atoms with van der Waals surface area (Å²) < 4.78 is 11.8. The smallest absolute Gasteiger partial charge is 0.315 e. The second-order valence-corrected chi connectivity index (χ2v) is 11.5. The summed E-state index contributed by atoms with van der Waals surface area (Å²) in [6, 6.07) is 14.8. The van der Waals surface area contributed by atoms with Gasteiger partial charge in [0.05, 0.1) is 24.5 Å². The van der Waals surface area contributed by atoms with Gasteiger partial charge in [-0.05, 0) is 46.7 Å². The van der Waals surface area contributed by atoms with Crippen molar-refractivity contribution in [1.29, 1.82) is 0 Å². The number of carbonyl (C=O) groups excluding carboxylic acids is 2. The third kappa shape index (κ3) is 5.59. The van der Waals surface area contributed by atoms with Crippen LogP contribution in [0.4, 0.5) is 0 Å². The normalized spacial score (nSPS) is 21.7. The van der Waals surface area contributed by atoms with Gasteiger partial charge in [-0.1, -0.05) is 97.4 Å². The number of nitrogens with zero attached hydrogens (tertiary/aromatic N) is 1. The summed E-state index contributed by atoms with van der Waals surface area (Å²) in [4.78, 5) is 27.9. The molecule has 4 rings (SSSR count). The molecule has 1 saturated heterocycles. The zero-order valence-corrected chi connectivity index (χ0v) is 22.4. The molecule has 2 aromatic carbocycles. The average molecular weight is 549 g/mol. The summed E-state index contributed by atoms with van der Waals surface area (Å²) in [6.45, 7) is 4.35. The van der Waals surface area contributed by atoms with Crippen molar-refractivity contribution in [3.8, 4) is 11.5 Å². The third-order valence-electron chi connectivity index (χ3n) is 6.22. The summed E-state index contributed by atoms with van der Waals surface area (Å²) in [6.07, 6.45) is 3.43. The Labute approximate surface area is 224 Å². The van der Waals surface area contributed by atoms with Crippen LogP contribution in [-0.2, 0) is 16.1 Å². The summed E-state index contributed by atoms with van der Waals surface area (Å²) in [5.41, 5.74) is 1.43. The fraction of sp³-hybridized carbons (Fsp3) is 0.269. The predicted molar refractivity (Wildman–Crippen MR) is 144 cm³/mol. The Morgan fingerprint density at radius 3 is 2.54 bits per heavy atom. The van der Waals surface area contributed by atoms with Gasteiger partial charge in [-0.25, -0.2) is 0 Å². The summed E-state index contributed by atoms with van der Waals surface area (Å²) in [5.74, 6) is -0.292. The average Bonchev–Trinajstić information content (AvgIpc) is 3.25. The van der Waals surface area contributed by atoms with Crippen molar-refractivity contribution in [1.82, 2.24) is 4.90 Å². The molecular formula is C26H23Cl2NO4S2. The molecule has 1 amide bonds. The first kappa shape index (κ1) is 25.8. The van der Waals surface area contributed by atoms with E-state index in [0.29, 0.717) is 27.3 Å². The number of rotatable bonds is 7. The zero-order chi connectivity index (χ0) is 25.3. The van der Waals surface area contributed by atoms with Gasteiger partial charge >= 0.3 is 5.97 Å². The molecule has 35 heavy (non-hydrogen) atoms. The van der Waals surface area contributed by atoms with E-state index in [1.54, 1.807) is 35.3 Å². The molecule has 1 heterocycles. The van der Waals surface area contributed by atoms with Crippen molar-refractivity contribution in [3.05, 3.63) is 75.1 Å². The Morgan fingerprint density at radius 1 is 1.17 bits per heavy atom. The lowest BCUT2D eigenvalue weighted by Crippen LogP contribution is -2.27. The molecule has 182 valence electrons. The number of benzene rings is 2. The molecule has 2 fully saturated rings. The SMILES string of the molecule is COc1cc(/C=C2\SC(=S)N(Cc3ccccc3)C2=O)ccc1OC(=O)C1C(C=C(Cl)Cl)C1(C)C. The van der Waals surface area contributed by atoms with Gasteiger partial charge in [0.2, 0.25) is 0 Å². The third-order valence-corrected chi connectivity index (χ3v) is 7.85. The van der Waals surface area contributed by atoms with Crippen molar-refractivity contribution < 1.29 is 19.1 Å². The molecule has 0 aromatic heterocycles. The Balaban J connectivity index is 1.49. The number of thiocarbonyl (C=S) groups is 1. The van der Waals surface area contributed by atoms with Crippen LogP contribution >= 0.6 is 47.2 Å². The van der Waals surface area contributed by atoms with Crippen LogP contribution in [0.15, 0.2) is 64.0 Å². The van der Waals surface area contributed by atoms with E-state index in [1.165, 1.54) is 18.9 Å². The molecule has 0 spiro atoms.